The highest BCUT2D eigenvalue weighted by Crippen LogP contribution is 2.31. The molecule has 1 rings (SSSR count). The lowest BCUT2D eigenvalue weighted by atomic mass is 10.2. The Labute approximate surface area is 93.7 Å². The number of rotatable bonds is 2. The van der Waals surface area contributed by atoms with Gasteiger partial charge < -0.3 is 0 Å². The van der Waals surface area contributed by atoms with Crippen LogP contribution < -0.4 is 0 Å². The summed E-state index contributed by atoms with van der Waals surface area (Å²) in [6, 6.07) is 4.13. The van der Waals surface area contributed by atoms with Crippen LogP contribution in [-0.4, -0.2) is 0 Å². The van der Waals surface area contributed by atoms with Gasteiger partial charge in [0.1, 0.15) is 0 Å². The van der Waals surface area contributed by atoms with E-state index in [-0.39, 0.29) is 0 Å². The molecule has 0 nitrogen and oxygen atoms in total. The Morgan fingerprint density at radius 3 is 2.67 bits per heavy atom. The first-order chi connectivity index (χ1) is 5.65. The van der Waals surface area contributed by atoms with Crippen LogP contribution in [0.1, 0.15) is 5.56 Å². The lowest BCUT2D eigenvalue weighted by Gasteiger charge is -2.05. The summed E-state index contributed by atoms with van der Waals surface area (Å²) in [7, 11) is 0. The van der Waals surface area contributed by atoms with Crippen LogP contribution in [-0.2, 0) is 0 Å². The highest BCUT2D eigenvalue weighted by atomic mass is 79.9. The summed E-state index contributed by atoms with van der Waals surface area (Å²) in [4.78, 5) is 1.23. The van der Waals surface area contributed by atoms with E-state index in [0.29, 0.717) is 0 Å². The molecular formula is C9H8Br2S. The van der Waals surface area contributed by atoms with Gasteiger partial charge in [0.25, 0.3) is 0 Å². The van der Waals surface area contributed by atoms with E-state index in [4.69, 9.17) is 0 Å². The minimum atomic E-state index is 1.09. The molecule has 0 aliphatic heterocycles. The molecular weight excluding hydrogens is 300 g/mol. The van der Waals surface area contributed by atoms with Crippen molar-refractivity contribution in [1.82, 2.24) is 0 Å². The summed E-state index contributed by atoms with van der Waals surface area (Å²) in [5.41, 5.74) is 1.25. The van der Waals surface area contributed by atoms with E-state index >= 15 is 0 Å². The molecule has 0 radical (unpaired) electrons. The van der Waals surface area contributed by atoms with E-state index < -0.39 is 0 Å². The molecule has 0 unspecified atom stereocenters. The Hall–Kier alpha value is 0.270. The molecule has 0 heterocycles. The third-order valence-corrected chi connectivity index (χ3v) is 3.60. The van der Waals surface area contributed by atoms with E-state index in [9.17, 15) is 0 Å². The zero-order valence-corrected chi connectivity index (χ0v) is 10.6. The molecule has 0 spiro atoms. The summed E-state index contributed by atoms with van der Waals surface area (Å²) >= 11 is 8.56. The number of thioether (sulfide) groups is 1. The van der Waals surface area contributed by atoms with Crippen LogP contribution >= 0.6 is 43.6 Å². The van der Waals surface area contributed by atoms with E-state index in [1.54, 1.807) is 11.8 Å². The van der Waals surface area contributed by atoms with Gasteiger partial charge in [-0.3, -0.25) is 0 Å². The van der Waals surface area contributed by atoms with Gasteiger partial charge in [-0.05, 0) is 30.0 Å². The van der Waals surface area contributed by atoms with Crippen LogP contribution in [0.25, 0.3) is 0 Å². The van der Waals surface area contributed by atoms with Crippen molar-refractivity contribution in [2.24, 2.45) is 0 Å². The Morgan fingerprint density at radius 1 is 1.42 bits per heavy atom. The summed E-state index contributed by atoms with van der Waals surface area (Å²) < 4.78 is 2.21. The highest BCUT2D eigenvalue weighted by Gasteiger charge is 2.02. The van der Waals surface area contributed by atoms with Gasteiger partial charge in [0.05, 0.1) is 0 Å². The van der Waals surface area contributed by atoms with Crippen molar-refractivity contribution in [2.45, 2.75) is 11.8 Å². The van der Waals surface area contributed by atoms with Gasteiger partial charge in [-0.25, -0.2) is 0 Å². The van der Waals surface area contributed by atoms with Gasteiger partial charge in [-0.1, -0.05) is 50.2 Å². The van der Waals surface area contributed by atoms with Crippen LogP contribution in [0.3, 0.4) is 0 Å². The van der Waals surface area contributed by atoms with Crippen molar-refractivity contribution in [1.29, 1.82) is 0 Å². The first kappa shape index (κ1) is 10.4. The van der Waals surface area contributed by atoms with Gasteiger partial charge in [0.15, 0.2) is 0 Å². The largest absolute Gasteiger partial charge is 0.0983 e. The summed E-state index contributed by atoms with van der Waals surface area (Å²) in [5, 5.41) is 1.83. The van der Waals surface area contributed by atoms with Gasteiger partial charge in [0, 0.05) is 13.8 Å². The predicted molar refractivity (Wildman–Crippen MR) is 62.6 cm³/mol. The smallest absolute Gasteiger partial charge is 0.0226 e. The molecule has 0 amide bonds. The molecule has 0 aliphatic rings. The fourth-order valence-electron chi connectivity index (χ4n) is 0.834. The fourth-order valence-corrected chi connectivity index (χ4v) is 3.00. The molecule has 0 N–H and O–H groups in total. The lowest BCUT2D eigenvalue weighted by molar-refractivity contribution is 1.27. The van der Waals surface area contributed by atoms with Gasteiger partial charge >= 0.3 is 0 Å². The van der Waals surface area contributed by atoms with Crippen LogP contribution in [0.15, 0.2) is 38.0 Å². The van der Waals surface area contributed by atoms with Crippen molar-refractivity contribution >= 4 is 43.6 Å². The predicted octanol–water partition coefficient (Wildman–Crippen LogP) is 4.76. The maximum Gasteiger partial charge on any atom is 0.0226 e. The standard InChI is InChI=1S/C9H8Br2S/c1-3-12-9-5-7(10)4-8(11)6(9)2/h3-5H,1H2,2H3. The third-order valence-electron chi connectivity index (χ3n) is 1.47. The second-order valence-corrected chi connectivity index (χ2v) is 5.07. The van der Waals surface area contributed by atoms with E-state index in [0.717, 1.165) is 8.95 Å². The fraction of sp³-hybridized carbons (Fsp3) is 0.111. The Balaban J connectivity index is 3.17. The molecule has 12 heavy (non-hydrogen) atoms. The summed E-state index contributed by atoms with van der Waals surface area (Å²) in [6.07, 6.45) is 0. The van der Waals surface area contributed by atoms with Crippen LogP contribution in [0, 0.1) is 6.92 Å². The van der Waals surface area contributed by atoms with Crippen molar-refractivity contribution < 1.29 is 0 Å². The average molecular weight is 308 g/mol. The number of benzene rings is 1. The molecule has 0 bridgehead atoms. The van der Waals surface area contributed by atoms with Crippen molar-refractivity contribution in [3.05, 3.63) is 38.6 Å². The second kappa shape index (κ2) is 4.49. The van der Waals surface area contributed by atoms with Gasteiger partial charge in [-0.2, -0.15) is 0 Å². The van der Waals surface area contributed by atoms with Crippen molar-refractivity contribution in [3.63, 3.8) is 0 Å². The monoisotopic (exact) mass is 306 g/mol. The number of hydrogen-bond donors (Lipinski definition) is 0. The van der Waals surface area contributed by atoms with E-state index in [1.807, 2.05) is 11.5 Å². The second-order valence-electron chi connectivity index (χ2n) is 2.30. The molecule has 0 aromatic heterocycles. The zero-order valence-electron chi connectivity index (χ0n) is 6.60. The lowest BCUT2D eigenvalue weighted by Crippen LogP contribution is -1.80. The first-order valence-electron chi connectivity index (χ1n) is 3.38. The molecule has 3 heteroatoms. The summed E-state index contributed by atoms with van der Waals surface area (Å²) in [5.74, 6) is 0. The topological polar surface area (TPSA) is 0 Å². The van der Waals surface area contributed by atoms with Gasteiger partial charge in [0.2, 0.25) is 0 Å². The Bertz CT molecular complexity index is 308. The van der Waals surface area contributed by atoms with E-state index in [1.165, 1.54) is 10.5 Å². The first-order valence-corrected chi connectivity index (χ1v) is 5.85. The maximum atomic E-state index is 3.69. The normalized spacial score (nSPS) is 9.92. The molecule has 0 atom stereocenters. The third kappa shape index (κ3) is 2.38. The van der Waals surface area contributed by atoms with Crippen molar-refractivity contribution in [2.75, 3.05) is 0 Å². The minimum absolute atomic E-state index is 1.09. The van der Waals surface area contributed by atoms with Crippen LogP contribution in [0.2, 0.25) is 0 Å². The van der Waals surface area contributed by atoms with Crippen molar-refractivity contribution in [3.8, 4) is 0 Å². The Kier molecular flexibility index (Phi) is 3.87. The SMILES string of the molecule is C=CSc1cc(Br)cc(Br)c1C. The minimum Gasteiger partial charge on any atom is -0.0983 e. The number of halogens is 2. The van der Waals surface area contributed by atoms with Gasteiger partial charge in [-0.15, -0.1) is 0 Å². The molecule has 1 aromatic carbocycles. The zero-order chi connectivity index (χ0) is 9.14. The summed E-state index contributed by atoms with van der Waals surface area (Å²) in [6.45, 7) is 5.77. The molecule has 64 valence electrons. The van der Waals surface area contributed by atoms with Crippen LogP contribution in [0.4, 0.5) is 0 Å². The molecule has 0 saturated carbocycles. The molecule has 1 aromatic rings. The average Bonchev–Trinajstić information content (AvgIpc) is 2.00. The molecule has 0 saturated heterocycles. The number of hydrogen-bond acceptors (Lipinski definition) is 1. The molecule has 0 fully saturated rings. The van der Waals surface area contributed by atoms with E-state index in [2.05, 4.69) is 51.4 Å². The Morgan fingerprint density at radius 2 is 2.08 bits per heavy atom. The molecule has 0 aliphatic carbocycles. The van der Waals surface area contributed by atoms with Crippen LogP contribution in [0.5, 0.6) is 0 Å². The quantitative estimate of drug-likeness (QED) is 0.710. The maximum absolute atomic E-state index is 3.69. The highest BCUT2D eigenvalue weighted by molar-refractivity contribution is 9.11.